The van der Waals surface area contributed by atoms with Crippen LogP contribution in [0.5, 0.6) is 5.75 Å². The number of esters is 1. The van der Waals surface area contributed by atoms with Crippen LogP contribution in [-0.2, 0) is 4.74 Å². The van der Waals surface area contributed by atoms with E-state index in [1.165, 1.54) is 6.07 Å². The van der Waals surface area contributed by atoms with E-state index in [1.54, 1.807) is 30.5 Å². The molecule has 6 nitrogen and oxygen atoms in total. The van der Waals surface area contributed by atoms with E-state index < -0.39 is 5.63 Å². The summed E-state index contributed by atoms with van der Waals surface area (Å²) in [6, 6.07) is 8.26. The maximum Gasteiger partial charge on any atom is 0.340 e. The van der Waals surface area contributed by atoms with Crippen molar-refractivity contribution in [3.05, 3.63) is 63.8 Å². The van der Waals surface area contributed by atoms with Gasteiger partial charge in [0.05, 0.1) is 5.56 Å². The number of aromatic amines is 1. The number of carbonyl (C=O) groups is 1. The Morgan fingerprint density at radius 3 is 2.71 bits per heavy atom. The first-order valence-electron chi connectivity index (χ1n) is 7.53. The van der Waals surface area contributed by atoms with Gasteiger partial charge in [0.2, 0.25) is 0 Å². The number of aromatic nitrogens is 1. The quantitative estimate of drug-likeness (QED) is 0.442. The standard InChI is InChI=1S/C18H17NO5/c1-11-10-19-12(2)17(11)18(21)23-8-7-22-14-5-3-13-4-6-16(20)24-15(13)9-14/h3-6,9-10,19H,7-8H2,1-2H3. The van der Waals surface area contributed by atoms with Gasteiger partial charge in [0.15, 0.2) is 0 Å². The summed E-state index contributed by atoms with van der Waals surface area (Å²) in [5, 5.41) is 0.812. The molecule has 0 radical (unpaired) electrons. The molecule has 0 aliphatic rings. The van der Waals surface area contributed by atoms with Crippen molar-refractivity contribution in [3.63, 3.8) is 0 Å². The van der Waals surface area contributed by atoms with E-state index in [4.69, 9.17) is 13.9 Å². The van der Waals surface area contributed by atoms with E-state index in [-0.39, 0.29) is 19.2 Å². The van der Waals surface area contributed by atoms with Crippen molar-refractivity contribution >= 4 is 16.9 Å². The van der Waals surface area contributed by atoms with E-state index >= 15 is 0 Å². The Labute approximate surface area is 138 Å². The van der Waals surface area contributed by atoms with Crippen LogP contribution in [0.15, 0.2) is 45.7 Å². The number of rotatable bonds is 5. The third-order valence-electron chi connectivity index (χ3n) is 3.66. The minimum Gasteiger partial charge on any atom is -0.490 e. The fraction of sp³-hybridized carbons (Fsp3) is 0.222. The zero-order chi connectivity index (χ0) is 17.1. The number of benzene rings is 1. The molecule has 6 heteroatoms. The average Bonchev–Trinajstić information content (AvgIpc) is 2.90. The number of fused-ring (bicyclic) bond motifs is 1. The molecule has 0 atom stereocenters. The number of hydrogen-bond donors (Lipinski definition) is 1. The monoisotopic (exact) mass is 327 g/mol. The summed E-state index contributed by atoms with van der Waals surface area (Å²) in [6.07, 6.45) is 1.77. The van der Waals surface area contributed by atoms with Gasteiger partial charge in [-0.3, -0.25) is 0 Å². The van der Waals surface area contributed by atoms with Crippen LogP contribution in [0, 0.1) is 13.8 Å². The highest BCUT2D eigenvalue weighted by molar-refractivity contribution is 5.92. The van der Waals surface area contributed by atoms with Gasteiger partial charge in [-0.05, 0) is 37.6 Å². The zero-order valence-electron chi connectivity index (χ0n) is 13.4. The van der Waals surface area contributed by atoms with E-state index in [1.807, 2.05) is 13.8 Å². The van der Waals surface area contributed by atoms with Gasteiger partial charge in [0.1, 0.15) is 24.5 Å². The highest BCUT2D eigenvalue weighted by Gasteiger charge is 2.14. The topological polar surface area (TPSA) is 81.5 Å². The van der Waals surface area contributed by atoms with E-state index in [0.29, 0.717) is 16.9 Å². The number of nitrogens with one attached hydrogen (secondary N) is 1. The molecule has 1 N–H and O–H groups in total. The molecule has 3 aromatic rings. The lowest BCUT2D eigenvalue weighted by Gasteiger charge is -2.08. The second-order valence-corrected chi connectivity index (χ2v) is 5.41. The smallest absolute Gasteiger partial charge is 0.340 e. The molecule has 3 rings (SSSR count). The van der Waals surface area contributed by atoms with Gasteiger partial charge in [0, 0.05) is 29.4 Å². The van der Waals surface area contributed by atoms with Crippen LogP contribution in [0.1, 0.15) is 21.6 Å². The van der Waals surface area contributed by atoms with Crippen LogP contribution in [-0.4, -0.2) is 24.2 Å². The second-order valence-electron chi connectivity index (χ2n) is 5.41. The first-order chi connectivity index (χ1) is 11.5. The van der Waals surface area contributed by atoms with Gasteiger partial charge in [-0.15, -0.1) is 0 Å². The predicted octanol–water partition coefficient (Wildman–Crippen LogP) is 2.97. The minimum absolute atomic E-state index is 0.125. The molecule has 2 aromatic heterocycles. The van der Waals surface area contributed by atoms with Crippen molar-refractivity contribution in [1.82, 2.24) is 4.98 Å². The molecule has 124 valence electrons. The lowest BCUT2D eigenvalue weighted by atomic mass is 10.2. The summed E-state index contributed by atoms with van der Waals surface area (Å²) < 4.78 is 15.9. The molecule has 0 amide bonds. The van der Waals surface area contributed by atoms with Gasteiger partial charge in [0.25, 0.3) is 0 Å². The molecule has 0 unspecified atom stereocenters. The summed E-state index contributed by atoms with van der Waals surface area (Å²) in [4.78, 5) is 26.2. The maximum atomic E-state index is 12.0. The van der Waals surface area contributed by atoms with Crippen LogP contribution < -0.4 is 10.4 Å². The van der Waals surface area contributed by atoms with Crippen LogP contribution in [0.3, 0.4) is 0 Å². The average molecular weight is 327 g/mol. The molecule has 0 aliphatic heterocycles. The van der Waals surface area contributed by atoms with E-state index in [9.17, 15) is 9.59 Å². The third kappa shape index (κ3) is 3.32. The van der Waals surface area contributed by atoms with Crippen molar-refractivity contribution in [3.8, 4) is 5.75 Å². The second kappa shape index (κ2) is 6.62. The molecule has 0 bridgehead atoms. The SMILES string of the molecule is Cc1c[nH]c(C)c1C(=O)OCCOc1ccc2ccc(=O)oc2c1. The summed E-state index contributed by atoms with van der Waals surface area (Å²) in [5.74, 6) is 0.168. The molecule has 0 saturated heterocycles. The third-order valence-corrected chi connectivity index (χ3v) is 3.66. The summed E-state index contributed by atoms with van der Waals surface area (Å²) in [7, 11) is 0. The Hall–Kier alpha value is -3.02. The lowest BCUT2D eigenvalue weighted by Crippen LogP contribution is -2.13. The predicted molar refractivity (Wildman–Crippen MR) is 88.5 cm³/mol. The molecule has 1 aromatic carbocycles. The highest BCUT2D eigenvalue weighted by atomic mass is 16.6. The Kier molecular flexibility index (Phi) is 4.37. The zero-order valence-corrected chi connectivity index (χ0v) is 13.4. The van der Waals surface area contributed by atoms with Gasteiger partial charge < -0.3 is 18.9 Å². The Balaban J connectivity index is 1.57. The summed E-state index contributed by atoms with van der Waals surface area (Å²) >= 11 is 0. The molecule has 24 heavy (non-hydrogen) atoms. The number of ether oxygens (including phenoxy) is 2. The molecule has 2 heterocycles. The van der Waals surface area contributed by atoms with Gasteiger partial charge >= 0.3 is 11.6 Å². The van der Waals surface area contributed by atoms with Crippen molar-refractivity contribution in [2.75, 3.05) is 13.2 Å². The lowest BCUT2D eigenvalue weighted by molar-refractivity contribution is 0.0449. The number of hydrogen-bond acceptors (Lipinski definition) is 5. The number of aryl methyl sites for hydroxylation is 2. The Morgan fingerprint density at radius 2 is 1.96 bits per heavy atom. The van der Waals surface area contributed by atoms with E-state index in [0.717, 1.165) is 16.6 Å². The minimum atomic E-state index is -0.411. The highest BCUT2D eigenvalue weighted by Crippen LogP contribution is 2.19. The molecular formula is C18H17NO5. The van der Waals surface area contributed by atoms with Gasteiger partial charge in [-0.2, -0.15) is 0 Å². The maximum absolute atomic E-state index is 12.0. The van der Waals surface area contributed by atoms with Gasteiger partial charge in [-0.1, -0.05) is 0 Å². The molecule has 0 aliphatic carbocycles. The van der Waals surface area contributed by atoms with Crippen LogP contribution in [0.2, 0.25) is 0 Å². The normalized spacial score (nSPS) is 10.8. The van der Waals surface area contributed by atoms with Crippen molar-refractivity contribution in [2.45, 2.75) is 13.8 Å². The van der Waals surface area contributed by atoms with E-state index in [2.05, 4.69) is 4.98 Å². The first-order valence-corrected chi connectivity index (χ1v) is 7.53. The van der Waals surface area contributed by atoms with Gasteiger partial charge in [-0.25, -0.2) is 9.59 Å². The van der Waals surface area contributed by atoms with Crippen LogP contribution >= 0.6 is 0 Å². The Morgan fingerprint density at radius 1 is 1.17 bits per heavy atom. The fourth-order valence-electron chi connectivity index (χ4n) is 2.47. The largest absolute Gasteiger partial charge is 0.490 e. The summed E-state index contributed by atoms with van der Waals surface area (Å²) in [5.41, 5.74) is 2.23. The van der Waals surface area contributed by atoms with Crippen molar-refractivity contribution < 1.29 is 18.7 Å². The summed E-state index contributed by atoms with van der Waals surface area (Å²) in [6.45, 7) is 4.00. The molecule has 0 saturated carbocycles. The van der Waals surface area contributed by atoms with Crippen molar-refractivity contribution in [1.29, 1.82) is 0 Å². The molecule has 0 fully saturated rings. The first kappa shape index (κ1) is 15.9. The molecule has 0 spiro atoms. The molecular weight excluding hydrogens is 310 g/mol. The van der Waals surface area contributed by atoms with Crippen LogP contribution in [0.4, 0.5) is 0 Å². The van der Waals surface area contributed by atoms with Crippen molar-refractivity contribution in [2.24, 2.45) is 0 Å². The Bertz CT molecular complexity index is 918. The van der Waals surface area contributed by atoms with Crippen LogP contribution in [0.25, 0.3) is 11.0 Å². The fourth-order valence-corrected chi connectivity index (χ4v) is 2.47. The number of carbonyl (C=O) groups excluding carboxylic acids is 1. The number of H-pyrrole nitrogens is 1.